The first-order chi connectivity index (χ1) is 16.6. The molecule has 8 nitrogen and oxygen atoms in total. The lowest BCUT2D eigenvalue weighted by atomic mass is 9.62. The van der Waals surface area contributed by atoms with Gasteiger partial charge in [0.2, 0.25) is 5.91 Å². The highest BCUT2D eigenvalue weighted by Crippen LogP contribution is 2.65. The van der Waals surface area contributed by atoms with Crippen LogP contribution in [0.2, 0.25) is 5.02 Å². The Morgan fingerprint density at radius 1 is 1.40 bits per heavy atom. The summed E-state index contributed by atoms with van der Waals surface area (Å²) in [6.07, 6.45) is 2.04. The molecule has 3 fully saturated rings. The molecule has 190 valence electrons. The number of amides is 2. The maximum Gasteiger partial charge on any atom is 0.312 e. The standard InChI is InChI=1S/C26H33ClN2O6/c1-6-12-28(18-10-8-17(27)9-11-18)23(32)21-26-13-15(3)25(5,35-26)20(24(33)34-7-2)19(26)22(31)29(21)16(4)14-30/h6,8-11,15-16,19-21,30H,1,7,12-14H2,2-5H3/t15?,16-,19+,20+,21?,25-,26?/m1/s1. The molecule has 4 rings (SSSR count). The summed E-state index contributed by atoms with van der Waals surface area (Å²) in [7, 11) is 0. The number of halogens is 1. The first-order valence-electron chi connectivity index (χ1n) is 12.0. The number of ether oxygens (including phenoxy) is 2. The number of esters is 1. The number of likely N-dealkylation sites (tertiary alicyclic amines) is 1. The SMILES string of the molecule is C=CCN(C(=O)C1N([C@H](C)CO)C(=O)[C@@H]2[C@@H](C(=O)OCC)[C@]3(C)OC12CC3C)c1ccc(Cl)cc1. The molecular weight excluding hydrogens is 472 g/mol. The van der Waals surface area contributed by atoms with Gasteiger partial charge in [-0.25, -0.2) is 0 Å². The molecule has 1 aromatic rings. The Kier molecular flexibility index (Phi) is 6.76. The van der Waals surface area contributed by atoms with Crippen molar-refractivity contribution in [2.75, 3.05) is 24.7 Å². The number of aliphatic hydroxyl groups excluding tert-OH is 1. The molecule has 2 bridgehead atoms. The van der Waals surface area contributed by atoms with E-state index in [1.165, 1.54) is 9.80 Å². The zero-order valence-electron chi connectivity index (χ0n) is 20.6. The quantitative estimate of drug-likeness (QED) is 0.432. The van der Waals surface area contributed by atoms with Crippen LogP contribution in [0.25, 0.3) is 0 Å². The summed E-state index contributed by atoms with van der Waals surface area (Å²) in [5.41, 5.74) is -1.56. The van der Waals surface area contributed by atoms with Crippen molar-refractivity contribution in [1.82, 2.24) is 4.90 Å². The highest BCUT2D eigenvalue weighted by molar-refractivity contribution is 6.30. The minimum Gasteiger partial charge on any atom is -0.466 e. The van der Waals surface area contributed by atoms with Crippen LogP contribution in [-0.4, -0.2) is 70.8 Å². The van der Waals surface area contributed by atoms with E-state index < -0.39 is 41.1 Å². The van der Waals surface area contributed by atoms with Crippen molar-refractivity contribution in [3.63, 3.8) is 0 Å². The Bertz CT molecular complexity index is 1030. The summed E-state index contributed by atoms with van der Waals surface area (Å²) in [5, 5.41) is 10.5. The van der Waals surface area contributed by atoms with E-state index in [-0.39, 0.29) is 37.5 Å². The number of hydrogen-bond donors (Lipinski definition) is 1. The lowest BCUT2D eigenvalue weighted by molar-refractivity contribution is -0.161. The molecule has 0 radical (unpaired) electrons. The van der Waals surface area contributed by atoms with Crippen LogP contribution >= 0.6 is 11.6 Å². The molecule has 0 aromatic heterocycles. The molecule has 35 heavy (non-hydrogen) atoms. The fraction of sp³-hybridized carbons (Fsp3) is 0.577. The lowest BCUT2D eigenvalue weighted by Crippen LogP contribution is -2.58. The third-order valence-corrected chi connectivity index (χ3v) is 8.23. The van der Waals surface area contributed by atoms with Gasteiger partial charge in [-0.2, -0.15) is 0 Å². The van der Waals surface area contributed by atoms with Crippen LogP contribution in [0.15, 0.2) is 36.9 Å². The number of carbonyl (C=O) groups is 3. The molecule has 3 aliphatic heterocycles. The van der Waals surface area contributed by atoms with Gasteiger partial charge in [0.05, 0.1) is 30.8 Å². The number of carbonyl (C=O) groups excluding carboxylic acids is 3. The van der Waals surface area contributed by atoms with Gasteiger partial charge in [-0.15, -0.1) is 6.58 Å². The molecule has 7 atom stereocenters. The van der Waals surface area contributed by atoms with Crippen molar-refractivity contribution in [3.8, 4) is 0 Å². The Morgan fingerprint density at radius 2 is 2.06 bits per heavy atom. The molecule has 1 aromatic carbocycles. The van der Waals surface area contributed by atoms with E-state index in [0.29, 0.717) is 17.1 Å². The van der Waals surface area contributed by atoms with Gasteiger partial charge in [0.15, 0.2) is 0 Å². The van der Waals surface area contributed by atoms with E-state index in [0.717, 1.165) is 0 Å². The topological polar surface area (TPSA) is 96.4 Å². The smallest absolute Gasteiger partial charge is 0.312 e. The van der Waals surface area contributed by atoms with Crippen molar-refractivity contribution in [2.24, 2.45) is 17.8 Å². The third kappa shape index (κ3) is 3.69. The first kappa shape index (κ1) is 25.7. The molecule has 0 saturated carbocycles. The van der Waals surface area contributed by atoms with Gasteiger partial charge in [-0.3, -0.25) is 14.4 Å². The molecular formula is C26H33ClN2O6. The van der Waals surface area contributed by atoms with E-state index in [4.69, 9.17) is 21.1 Å². The molecule has 3 saturated heterocycles. The molecule has 9 heteroatoms. The maximum atomic E-state index is 14.3. The predicted molar refractivity (Wildman–Crippen MR) is 131 cm³/mol. The number of nitrogens with zero attached hydrogens (tertiary/aromatic N) is 2. The molecule has 3 heterocycles. The Labute approximate surface area is 210 Å². The second kappa shape index (κ2) is 9.22. The predicted octanol–water partition coefficient (Wildman–Crippen LogP) is 2.81. The largest absolute Gasteiger partial charge is 0.466 e. The van der Waals surface area contributed by atoms with E-state index in [1.54, 1.807) is 44.2 Å². The third-order valence-electron chi connectivity index (χ3n) is 7.98. The van der Waals surface area contributed by atoms with Crippen molar-refractivity contribution in [2.45, 2.75) is 57.4 Å². The Morgan fingerprint density at radius 3 is 2.63 bits per heavy atom. The minimum atomic E-state index is -1.21. The highest BCUT2D eigenvalue weighted by atomic mass is 35.5. The molecule has 3 aliphatic rings. The average Bonchev–Trinajstić information content (AvgIpc) is 3.34. The van der Waals surface area contributed by atoms with Gasteiger partial charge in [0.25, 0.3) is 5.91 Å². The van der Waals surface area contributed by atoms with Gasteiger partial charge in [-0.05, 0) is 57.4 Å². The Hall–Kier alpha value is -2.42. The van der Waals surface area contributed by atoms with Gasteiger partial charge in [0.1, 0.15) is 17.6 Å². The summed E-state index contributed by atoms with van der Waals surface area (Å²) < 4.78 is 12.0. The minimum absolute atomic E-state index is 0.0935. The summed E-state index contributed by atoms with van der Waals surface area (Å²) in [5.74, 6) is -3.02. The summed E-state index contributed by atoms with van der Waals surface area (Å²) in [4.78, 5) is 44.3. The van der Waals surface area contributed by atoms with Crippen molar-refractivity contribution in [3.05, 3.63) is 41.9 Å². The number of benzene rings is 1. The zero-order valence-corrected chi connectivity index (χ0v) is 21.3. The molecule has 2 amide bonds. The van der Waals surface area contributed by atoms with Gasteiger partial charge < -0.3 is 24.4 Å². The van der Waals surface area contributed by atoms with Crippen molar-refractivity contribution >= 4 is 35.1 Å². The van der Waals surface area contributed by atoms with Crippen LogP contribution < -0.4 is 4.90 Å². The van der Waals surface area contributed by atoms with E-state index in [1.807, 2.05) is 13.8 Å². The van der Waals surface area contributed by atoms with Crippen LogP contribution in [0.4, 0.5) is 5.69 Å². The first-order valence-corrected chi connectivity index (χ1v) is 12.4. The van der Waals surface area contributed by atoms with Gasteiger partial charge >= 0.3 is 5.97 Å². The molecule has 1 N–H and O–H groups in total. The number of aliphatic hydroxyl groups is 1. The van der Waals surface area contributed by atoms with Crippen LogP contribution in [0.3, 0.4) is 0 Å². The number of rotatable bonds is 8. The Balaban J connectivity index is 1.85. The molecule has 0 aliphatic carbocycles. The lowest BCUT2D eigenvalue weighted by Gasteiger charge is -2.38. The number of hydrogen-bond acceptors (Lipinski definition) is 6. The van der Waals surface area contributed by atoms with Crippen LogP contribution in [-0.2, 0) is 23.9 Å². The maximum absolute atomic E-state index is 14.3. The second-order valence-corrected chi connectivity index (χ2v) is 10.4. The van der Waals surface area contributed by atoms with Crippen molar-refractivity contribution < 1.29 is 29.0 Å². The van der Waals surface area contributed by atoms with Crippen LogP contribution in [0.5, 0.6) is 0 Å². The summed E-state index contributed by atoms with van der Waals surface area (Å²) in [6, 6.07) is 5.16. The fourth-order valence-corrected chi connectivity index (χ4v) is 6.45. The van der Waals surface area contributed by atoms with Gasteiger partial charge in [-0.1, -0.05) is 24.6 Å². The van der Waals surface area contributed by atoms with E-state index in [2.05, 4.69) is 6.58 Å². The average molecular weight is 505 g/mol. The van der Waals surface area contributed by atoms with Crippen molar-refractivity contribution in [1.29, 1.82) is 0 Å². The van der Waals surface area contributed by atoms with E-state index >= 15 is 0 Å². The molecule has 3 unspecified atom stereocenters. The monoisotopic (exact) mass is 504 g/mol. The van der Waals surface area contributed by atoms with Crippen LogP contribution in [0, 0.1) is 17.8 Å². The highest BCUT2D eigenvalue weighted by Gasteiger charge is 2.80. The normalized spacial score (nSPS) is 34.0. The van der Waals surface area contributed by atoms with Gasteiger partial charge in [0, 0.05) is 17.3 Å². The number of fused-ring (bicyclic) bond motifs is 1. The molecule has 1 spiro atoms. The zero-order chi connectivity index (χ0) is 25.7. The summed E-state index contributed by atoms with van der Waals surface area (Å²) >= 11 is 6.06. The summed E-state index contributed by atoms with van der Waals surface area (Å²) in [6.45, 7) is 11.0. The van der Waals surface area contributed by atoms with Crippen LogP contribution in [0.1, 0.15) is 34.1 Å². The van der Waals surface area contributed by atoms with E-state index in [9.17, 15) is 19.5 Å². The second-order valence-electron chi connectivity index (χ2n) is 9.95. The number of anilines is 1. The fourth-order valence-electron chi connectivity index (χ4n) is 6.33.